The lowest BCUT2D eigenvalue weighted by molar-refractivity contribution is -0.142. The molecule has 9 nitrogen and oxygen atoms in total. The third kappa shape index (κ3) is 6.02. The molecule has 0 aliphatic heterocycles. The van der Waals surface area contributed by atoms with Crippen LogP contribution in [0.3, 0.4) is 0 Å². The van der Waals surface area contributed by atoms with Gasteiger partial charge in [-0.3, -0.25) is 4.79 Å². The standard InChI is InChI=1S/C20H21ClN2O7/c1-26-14-7-13(8-15(9-14)27-2)20(25)23-22-10-12-5-16(21)19(17(6-12)28-3)30-11-18(24)29-4/h5-10H,11H2,1-4H3,(H,23,25)/b22-10-. The third-order valence-corrected chi connectivity index (χ3v) is 4.09. The van der Waals surface area contributed by atoms with E-state index in [1.54, 1.807) is 30.3 Å². The van der Waals surface area contributed by atoms with E-state index in [1.165, 1.54) is 34.7 Å². The van der Waals surface area contributed by atoms with Gasteiger partial charge in [0.2, 0.25) is 0 Å². The van der Waals surface area contributed by atoms with Gasteiger partial charge in [-0.25, -0.2) is 10.2 Å². The van der Waals surface area contributed by atoms with Gasteiger partial charge >= 0.3 is 5.97 Å². The lowest BCUT2D eigenvalue weighted by Crippen LogP contribution is -2.17. The van der Waals surface area contributed by atoms with Gasteiger partial charge in [0.25, 0.3) is 5.91 Å². The van der Waals surface area contributed by atoms with Crippen LogP contribution in [-0.4, -0.2) is 53.1 Å². The number of carbonyl (C=O) groups is 2. The van der Waals surface area contributed by atoms with Crippen molar-refractivity contribution < 1.29 is 33.3 Å². The average molecular weight is 437 g/mol. The number of rotatable bonds is 9. The minimum atomic E-state index is -0.560. The predicted molar refractivity (Wildman–Crippen MR) is 110 cm³/mol. The number of esters is 1. The van der Waals surface area contributed by atoms with Gasteiger partial charge in [0.1, 0.15) is 11.5 Å². The highest BCUT2D eigenvalue weighted by atomic mass is 35.5. The van der Waals surface area contributed by atoms with E-state index in [1.807, 2.05) is 0 Å². The number of benzene rings is 2. The predicted octanol–water partition coefficient (Wildman–Crippen LogP) is 2.68. The third-order valence-electron chi connectivity index (χ3n) is 3.81. The summed E-state index contributed by atoms with van der Waals surface area (Å²) in [5.41, 5.74) is 3.26. The highest BCUT2D eigenvalue weighted by Crippen LogP contribution is 2.36. The molecule has 0 saturated heterocycles. The molecule has 2 rings (SSSR count). The topological polar surface area (TPSA) is 105 Å². The molecule has 0 heterocycles. The minimum Gasteiger partial charge on any atom is -0.497 e. The molecular formula is C20H21ClN2O7. The molecule has 160 valence electrons. The molecule has 0 aromatic heterocycles. The van der Waals surface area contributed by atoms with Crippen molar-refractivity contribution in [2.75, 3.05) is 35.0 Å². The molecular weight excluding hydrogens is 416 g/mol. The minimum absolute atomic E-state index is 0.189. The summed E-state index contributed by atoms with van der Waals surface area (Å²) in [5.74, 6) is 0.409. The SMILES string of the molecule is COC(=O)COc1c(Cl)cc(/C=N\NC(=O)c2cc(OC)cc(OC)c2)cc1OC. The molecule has 0 saturated carbocycles. The monoisotopic (exact) mass is 436 g/mol. The van der Waals surface area contributed by atoms with E-state index in [4.69, 9.17) is 30.5 Å². The Hall–Kier alpha value is -3.46. The zero-order chi connectivity index (χ0) is 22.1. The van der Waals surface area contributed by atoms with Crippen LogP contribution in [0.1, 0.15) is 15.9 Å². The van der Waals surface area contributed by atoms with Gasteiger partial charge in [0.15, 0.2) is 18.1 Å². The summed E-state index contributed by atoms with van der Waals surface area (Å²) in [6, 6.07) is 7.89. The van der Waals surface area contributed by atoms with Gasteiger partial charge in [0.05, 0.1) is 39.7 Å². The lowest BCUT2D eigenvalue weighted by atomic mass is 10.2. The number of hydrogen-bond acceptors (Lipinski definition) is 8. The second-order valence-corrected chi connectivity index (χ2v) is 6.11. The van der Waals surface area contributed by atoms with Gasteiger partial charge in [0, 0.05) is 11.6 Å². The van der Waals surface area contributed by atoms with E-state index in [0.717, 1.165) is 0 Å². The molecule has 10 heteroatoms. The number of nitrogens with zero attached hydrogens (tertiary/aromatic N) is 1. The van der Waals surface area contributed by atoms with Crippen LogP contribution in [0.15, 0.2) is 35.4 Å². The first-order valence-electron chi connectivity index (χ1n) is 8.55. The fourth-order valence-electron chi connectivity index (χ4n) is 2.31. The van der Waals surface area contributed by atoms with Crippen molar-refractivity contribution in [1.82, 2.24) is 5.43 Å². The maximum absolute atomic E-state index is 12.3. The van der Waals surface area contributed by atoms with Gasteiger partial charge in [-0.2, -0.15) is 5.10 Å². The van der Waals surface area contributed by atoms with Crippen molar-refractivity contribution in [2.45, 2.75) is 0 Å². The Kier molecular flexibility index (Phi) is 8.30. The van der Waals surface area contributed by atoms with E-state index >= 15 is 0 Å². The van der Waals surface area contributed by atoms with Crippen molar-refractivity contribution in [2.24, 2.45) is 5.10 Å². The summed E-state index contributed by atoms with van der Waals surface area (Å²) >= 11 is 6.21. The van der Waals surface area contributed by atoms with Crippen LogP contribution in [0.5, 0.6) is 23.0 Å². The largest absolute Gasteiger partial charge is 0.497 e. The molecule has 1 amide bonds. The Balaban J connectivity index is 2.13. The normalized spacial score (nSPS) is 10.4. The maximum atomic E-state index is 12.3. The smallest absolute Gasteiger partial charge is 0.343 e. The number of ether oxygens (including phenoxy) is 5. The van der Waals surface area contributed by atoms with Crippen LogP contribution in [0, 0.1) is 0 Å². The molecule has 30 heavy (non-hydrogen) atoms. The van der Waals surface area contributed by atoms with Crippen molar-refractivity contribution in [3.8, 4) is 23.0 Å². The van der Waals surface area contributed by atoms with Crippen LogP contribution in [-0.2, 0) is 9.53 Å². The van der Waals surface area contributed by atoms with Gasteiger partial charge < -0.3 is 23.7 Å². The van der Waals surface area contributed by atoms with Crippen molar-refractivity contribution in [3.05, 3.63) is 46.5 Å². The number of hydrazone groups is 1. The Morgan fingerprint density at radius 3 is 2.23 bits per heavy atom. The molecule has 0 fully saturated rings. The fourth-order valence-corrected chi connectivity index (χ4v) is 2.59. The summed E-state index contributed by atoms with van der Waals surface area (Å²) in [6.07, 6.45) is 1.38. The van der Waals surface area contributed by atoms with Crippen molar-refractivity contribution >= 4 is 29.7 Å². The zero-order valence-corrected chi connectivity index (χ0v) is 17.6. The molecule has 0 bridgehead atoms. The van der Waals surface area contributed by atoms with Crippen LogP contribution < -0.4 is 24.4 Å². The van der Waals surface area contributed by atoms with Crippen molar-refractivity contribution in [1.29, 1.82) is 0 Å². The number of methoxy groups -OCH3 is 4. The van der Waals surface area contributed by atoms with Gasteiger partial charge in [-0.05, 0) is 29.8 Å². The number of nitrogens with one attached hydrogen (secondary N) is 1. The van der Waals surface area contributed by atoms with Gasteiger partial charge in [-0.15, -0.1) is 0 Å². The van der Waals surface area contributed by atoms with E-state index in [2.05, 4.69) is 15.3 Å². The Bertz CT molecular complexity index is 925. The summed E-state index contributed by atoms with van der Waals surface area (Å²) in [5, 5.41) is 4.13. The second-order valence-electron chi connectivity index (χ2n) is 5.70. The number of amides is 1. The molecule has 0 aliphatic carbocycles. The Labute approximate surface area is 178 Å². The zero-order valence-electron chi connectivity index (χ0n) is 16.9. The summed E-state index contributed by atoms with van der Waals surface area (Å²) in [6.45, 7) is -0.319. The number of hydrogen-bond donors (Lipinski definition) is 1. The molecule has 0 unspecified atom stereocenters. The van der Waals surface area contributed by atoms with Crippen LogP contribution in [0.4, 0.5) is 0 Å². The molecule has 0 spiro atoms. The van der Waals surface area contributed by atoms with Crippen LogP contribution in [0.25, 0.3) is 0 Å². The molecule has 0 atom stereocenters. The first kappa shape index (κ1) is 22.8. The molecule has 1 N–H and O–H groups in total. The number of halogens is 1. The quantitative estimate of drug-likeness (QED) is 0.366. The van der Waals surface area contributed by atoms with Gasteiger partial charge in [-0.1, -0.05) is 11.6 Å². The summed E-state index contributed by atoms with van der Waals surface area (Å²) in [7, 11) is 5.66. The number of carbonyl (C=O) groups excluding carboxylic acids is 2. The maximum Gasteiger partial charge on any atom is 0.343 e. The van der Waals surface area contributed by atoms with E-state index in [-0.39, 0.29) is 23.1 Å². The molecule has 2 aromatic carbocycles. The molecule has 2 aromatic rings. The molecule has 0 aliphatic rings. The Morgan fingerprint density at radius 2 is 1.67 bits per heavy atom. The summed E-state index contributed by atoms with van der Waals surface area (Å²) in [4.78, 5) is 23.6. The van der Waals surface area contributed by atoms with Crippen LogP contribution >= 0.6 is 11.6 Å². The highest BCUT2D eigenvalue weighted by molar-refractivity contribution is 6.32. The Morgan fingerprint density at radius 1 is 1.00 bits per heavy atom. The van der Waals surface area contributed by atoms with Crippen molar-refractivity contribution in [3.63, 3.8) is 0 Å². The van der Waals surface area contributed by atoms with Crippen LogP contribution in [0.2, 0.25) is 5.02 Å². The van der Waals surface area contributed by atoms with E-state index < -0.39 is 11.9 Å². The molecule has 0 radical (unpaired) electrons. The second kappa shape index (κ2) is 10.9. The van der Waals surface area contributed by atoms with E-state index in [9.17, 15) is 9.59 Å². The fraction of sp³-hybridized carbons (Fsp3) is 0.250. The highest BCUT2D eigenvalue weighted by Gasteiger charge is 2.14. The lowest BCUT2D eigenvalue weighted by Gasteiger charge is -2.12. The first-order chi connectivity index (χ1) is 14.4. The first-order valence-corrected chi connectivity index (χ1v) is 8.93. The van der Waals surface area contributed by atoms with E-state index in [0.29, 0.717) is 22.6 Å². The average Bonchev–Trinajstić information content (AvgIpc) is 2.77. The summed E-state index contributed by atoms with van der Waals surface area (Å²) < 4.78 is 25.4.